The summed E-state index contributed by atoms with van der Waals surface area (Å²) in [5.74, 6) is 0.172. The first-order valence-corrected chi connectivity index (χ1v) is 7.90. The lowest BCUT2D eigenvalue weighted by molar-refractivity contribution is -0.132. The normalized spacial score (nSPS) is 11.9. The molecule has 1 amide bonds. The number of benzene rings is 2. The van der Waals surface area contributed by atoms with E-state index in [1.807, 2.05) is 30.9 Å². The van der Waals surface area contributed by atoms with Crippen molar-refractivity contribution in [2.24, 2.45) is 0 Å². The second-order valence-electron chi connectivity index (χ2n) is 5.53. The largest absolute Gasteiger partial charge is 0.508 e. The summed E-state index contributed by atoms with van der Waals surface area (Å²) in [6.45, 7) is 5.27. The van der Waals surface area contributed by atoms with Gasteiger partial charge >= 0.3 is 0 Å². The van der Waals surface area contributed by atoms with Crippen LogP contribution in [0.25, 0.3) is 0 Å². The molecule has 0 aliphatic carbocycles. The number of amides is 1. The fraction of sp³-hybridized carbons (Fsp3) is 0.316. The van der Waals surface area contributed by atoms with Crippen LogP contribution in [-0.2, 0) is 11.2 Å². The van der Waals surface area contributed by atoms with E-state index in [1.165, 1.54) is 0 Å². The average Bonchev–Trinajstić information content (AvgIpc) is 2.56. The highest BCUT2D eigenvalue weighted by Gasteiger charge is 2.24. The molecule has 2 rings (SSSR count). The van der Waals surface area contributed by atoms with Crippen molar-refractivity contribution in [3.05, 3.63) is 59.7 Å². The van der Waals surface area contributed by atoms with Crippen LogP contribution in [0.2, 0.25) is 0 Å². The van der Waals surface area contributed by atoms with E-state index >= 15 is 0 Å². The van der Waals surface area contributed by atoms with Crippen LogP contribution in [0.4, 0.5) is 0 Å². The van der Waals surface area contributed by atoms with Gasteiger partial charge in [-0.25, -0.2) is 0 Å². The SMILES string of the molecule is CCN(CC)C(=O)[C@H](Cc1ccc(O)cc1)c1ccc(O)cc1. The zero-order valence-electron chi connectivity index (χ0n) is 13.6. The Morgan fingerprint density at radius 3 is 1.87 bits per heavy atom. The van der Waals surface area contributed by atoms with Crippen molar-refractivity contribution in [2.45, 2.75) is 26.2 Å². The molecule has 0 radical (unpaired) electrons. The van der Waals surface area contributed by atoms with Gasteiger partial charge in [0.15, 0.2) is 0 Å². The Balaban J connectivity index is 2.32. The molecule has 2 N–H and O–H groups in total. The predicted molar refractivity (Wildman–Crippen MR) is 90.6 cm³/mol. The first-order chi connectivity index (χ1) is 11.0. The highest BCUT2D eigenvalue weighted by molar-refractivity contribution is 5.84. The highest BCUT2D eigenvalue weighted by atomic mass is 16.3. The minimum Gasteiger partial charge on any atom is -0.508 e. The molecule has 2 aromatic rings. The molecule has 4 nitrogen and oxygen atoms in total. The number of phenols is 2. The van der Waals surface area contributed by atoms with E-state index in [0.29, 0.717) is 19.5 Å². The smallest absolute Gasteiger partial charge is 0.230 e. The lowest BCUT2D eigenvalue weighted by atomic mass is 9.90. The zero-order valence-corrected chi connectivity index (χ0v) is 13.6. The molecule has 0 aliphatic rings. The van der Waals surface area contributed by atoms with Gasteiger partial charge in [-0.15, -0.1) is 0 Å². The molecular weight excluding hydrogens is 290 g/mol. The topological polar surface area (TPSA) is 60.8 Å². The third-order valence-electron chi connectivity index (χ3n) is 4.04. The quantitative estimate of drug-likeness (QED) is 0.860. The molecular formula is C19H23NO3. The first-order valence-electron chi connectivity index (χ1n) is 7.90. The summed E-state index contributed by atoms with van der Waals surface area (Å²) >= 11 is 0. The van der Waals surface area contributed by atoms with Crippen molar-refractivity contribution >= 4 is 5.91 Å². The number of likely N-dealkylation sites (N-methyl/N-ethyl adjacent to an activating group) is 1. The molecule has 0 aliphatic heterocycles. The fourth-order valence-corrected chi connectivity index (χ4v) is 2.68. The molecule has 0 spiro atoms. The van der Waals surface area contributed by atoms with Gasteiger partial charge in [0.05, 0.1) is 5.92 Å². The van der Waals surface area contributed by atoms with E-state index in [4.69, 9.17) is 0 Å². The molecule has 0 aromatic heterocycles. The van der Waals surface area contributed by atoms with Crippen LogP contribution in [0, 0.1) is 0 Å². The second-order valence-corrected chi connectivity index (χ2v) is 5.53. The number of hydrogen-bond acceptors (Lipinski definition) is 3. The Kier molecular flexibility index (Phi) is 5.63. The minimum absolute atomic E-state index is 0.0776. The van der Waals surface area contributed by atoms with Gasteiger partial charge in [0.1, 0.15) is 11.5 Å². The number of phenolic OH excluding ortho intramolecular Hbond substituents is 2. The molecule has 0 saturated heterocycles. The molecule has 4 heteroatoms. The maximum Gasteiger partial charge on any atom is 0.230 e. The Bertz CT molecular complexity index is 631. The van der Waals surface area contributed by atoms with Gasteiger partial charge in [-0.2, -0.15) is 0 Å². The van der Waals surface area contributed by atoms with Gasteiger partial charge in [-0.05, 0) is 55.7 Å². The Morgan fingerprint density at radius 1 is 0.913 bits per heavy atom. The van der Waals surface area contributed by atoms with E-state index in [2.05, 4.69) is 0 Å². The summed E-state index contributed by atoms with van der Waals surface area (Å²) in [5, 5.41) is 18.9. The molecule has 0 saturated carbocycles. The maximum atomic E-state index is 12.9. The maximum absolute atomic E-state index is 12.9. The minimum atomic E-state index is -0.306. The zero-order chi connectivity index (χ0) is 16.8. The number of carbonyl (C=O) groups is 1. The van der Waals surface area contributed by atoms with Gasteiger partial charge in [-0.1, -0.05) is 24.3 Å². The summed E-state index contributed by atoms with van der Waals surface area (Å²) in [6, 6.07) is 13.7. The lowest BCUT2D eigenvalue weighted by Crippen LogP contribution is -2.35. The number of carbonyl (C=O) groups excluding carboxylic acids is 1. The van der Waals surface area contributed by atoms with Gasteiger partial charge < -0.3 is 15.1 Å². The number of hydrogen-bond donors (Lipinski definition) is 2. The van der Waals surface area contributed by atoms with Crippen LogP contribution >= 0.6 is 0 Å². The van der Waals surface area contributed by atoms with E-state index in [-0.39, 0.29) is 23.3 Å². The van der Waals surface area contributed by atoms with Crippen LogP contribution in [-0.4, -0.2) is 34.1 Å². The average molecular weight is 313 g/mol. The fourth-order valence-electron chi connectivity index (χ4n) is 2.68. The molecule has 2 aromatic carbocycles. The third kappa shape index (κ3) is 4.25. The van der Waals surface area contributed by atoms with Gasteiger partial charge in [-0.3, -0.25) is 4.79 Å². The Labute approximate surface area is 137 Å². The van der Waals surface area contributed by atoms with E-state index in [0.717, 1.165) is 11.1 Å². The molecule has 0 fully saturated rings. The van der Waals surface area contributed by atoms with Crippen molar-refractivity contribution < 1.29 is 15.0 Å². The van der Waals surface area contributed by atoms with Crippen molar-refractivity contribution in [2.75, 3.05) is 13.1 Å². The van der Waals surface area contributed by atoms with Gasteiger partial charge in [0.2, 0.25) is 5.91 Å². The van der Waals surface area contributed by atoms with Gasteiger partial charge in [0.25, 0.3) is 0 Å². The third-order valence-corrected chi connectivity index (χ3v) is 4.04. The van der Waals surface area contributed by atoms with Crippen molar-refractivity contribution in [3.63, 3.8) is 0 Å². The van der Waals surface area contributed by atoms with E-state index < -0.39 is 0 Å². The molecule has 0 unspecified atom stereocenters. The summed E-state index contributed by atoms with van der Waals surface area (Å²) in [4.78, 5) is 14.7. The lowest BCUT2D eigenvalue weighted by Gasteiger charge is -2.25. The van der Waals surface area contributed by atoms with Crippen molar-refractivity contribution in [1.29, 1.82) is 0 Å². The van der Waals surface area contributed by atoms with E-state index in [9.17, 15) is 15.0 Å². The van der Waals surface area contributed by atoms with Crippen LogP contribution in [0.5, 0.6) is 11.5 Å². The molecule has 122 valence electrons. The van der Waals surface area contributed by atoms with Crippen LogP contribution in [0.15, 0.2) is 48.5 Å². The van der Waals surface area contributed by atoms with Crippen LogP contribution in [0.1, 0.15) is 30.9 Å². The van der Waals surface area contributed by atoms with Gasteiger partial charge in [0, 0.05) is 13.1 Å². The number of aromatic hydroxyl groups is 2. The van der Waals surface area contributed by atoms with E-state index in [1.54, 1.807) is 36.4 Å². The Hall–Kier alpha value is -2.49. The summed E-state index contributed by atoms with van der Waals surface area (Å²) < 4.78 is 0. The molecule has 23 heavy (non-hydrogen) atoms. The first kappa shape index (κ1) is 16.9. The highest BCUT2D eigenvalue weighted by Crippen LogP contribution is 2.26. The van der Waals surface area contributed by atoms with Crippen molar-refractivity contribution in [1.82, 2.24) is 4.90 Å². The van der Waals surface area contributed by atoms with Crippen LogP contribution in [0.3, 0.4) is 0 Å². The summed E-state index contributed by atoms with van der Waals surface area (Å²) in [7, 11) is 0. The number of rotatable bonds is 6. The summed E-state index contributed by atoms with van der Waals surface area (Å²) in [5.41, 5.74) is 1.87. The monoisotopic (exact) mass is 313 g/mol. The Morgan fingerprint density at radius 2 is 1.39 bits per heavy atom. The molecule has 1 atom stereocenters. The summed E-state index contributed by atoms with van der Waals surface area (Å²) in [6.07, 6.45) is 0.556. The molecule has 0 bridgehead atoms. The predicted octanol–water partition coefficient (Wildman–Crippen LogP) is 3.29. The number of nitrogens with zero attached hydrogens (tertiary/aromatic N) is 1. The van der Waals surface area contributed by atoms with Crippen LogP contribution < -0.4 is 0 Å². The standard InChI is InChI=1S/C19H23NO3/c1-3-20(4-2)19(23)18(15-7-11-17(22)12-8-15)13-14-5-9-16(21)10-6-14/h5-12,18,21-22H,3-4,13H2,1-2H3/t18-/m1/s1. The van der Waals surface area contributed by atoms with Crippen molar-refractivity contribution in [3.8, 4) is 11.5 Å². The molecule has 0 heterocycles. The second kappa shape index (κ2) is 7.68.